The van der Waals surface area contributed by atoms with E-state index in [4.69, 9.17) is 4.74 Å². The van der Waals surface area contributed by atoms with Gasteiger partial charge in [0.2, 0.25) is 0 Å². The molecule has 1 N–H and O–H groups in total. The summed E-state index contributed by atoms with van der Waals surface area (Å²) in [6, 6.07) is 5.93. The molecule has 98 valence electrons. The molecule has 0 heterocycles. The Kier molecular flexibility index (Phi) is 5.26. The lowest BCUT2D eigenvalue weighted by molar-refractivity contribution is -0.385. The number of benzene rings is 1. The van der Waals surface area contributed by atoms with E-state index in [-0.39, 0.29) is 18.2 Å². The van der Waals surface area contributed by atoms with Crippen LogP contribution in [0.4, 0.5) is 5.69 Å². The molecular weight excluding hydrogens is 236 g/mol. The molecule has 0 spiro atoms. The molecule has 6 heteroatoms. The Bertz CT molecular complexity index is 434. The van der Waals surface area contributed by atoms with Crippen molar-refractivity contribution in [2.75, 3.05) is 6.61 Å². The van der Waals surface area contributed by atoms with Crippen molar-refractivity contribution in [2.45, 2.75) is 26.4 Å². The second-order valence-corrected chi connectivity index (χ2v) is 3.74. The average molecular weight is 252 g/mol. The summed E-state index contributed by atoms with van der Waals surface area (Å²) in [4.78, 5) is 21.7. The molecule has 0 saturated carbocycles. The van der Waals surface area contributed by atoms with Gasteiger partial charge in [0, 0.05) is 18.2 Å². The van der Waals surface area contributed by atoms with Crippen LogP contribution < -0.4 is 5.32 Å². The molecule has 0 aliphatic rings. The van der Waals surface area contributed by atoms with E-state index in [1.54, 1.807) is 32.0 Å². The zero-order valence-electron chi connectivity index (χ0n) is 10.4. The number of nitrogens with one attached hydrogen (secondary N) is 1. The maximum atomic E-state index is 11.4. The molecule has 18 heavy (non-hydrogen) atoms. The van der Waals surface area contributed by atoms with Crippen LogP contribution in [-0.2, 0) is 16.1 Å². The van der Waals surface area contributed by atoms with Crippen LogP contribution in [0.15, 0.2) is 24.3 Å². The minimum Gasteiger partial charge on any atom is -0.465 e. The minimum atomic E-state index is -0.496. The van der Waals surface area contributed by atoms with Gasteiger partial charge in [0.25, 0.3) is 5.69 Å². The number of rotatable bonds is 6. The highest BCUT2D eigenvalue weighted by Gasteiger charge is 2.16. The van der Waals surface area contributed by atoms with Gasteiger partial charge in [-0.2, -0.15) is 0 Å². The molecule has 1 rings (SSSR count). The topological polar surface area (TPSA) is 81.5 Å². The first-order chi connectivity index (χ1) is 8.56. The highest BCUT2D eigenvalue weighted by atomic mass is 16.6. The first kappa shape index (κ1) is 14.1. The maximum absolute atomic E-state index is 11.4. The first-order valence-electron chi connectivity index (χ1n) is 5.68. The van der Waals surface area contributed by atoms with Crippen LogP contribution in [0, 0.1) is 10.1 Å². The largest absolute Gasteiger partial charge is 0.465 e. The number of hydrogen-bond donors (Lipinski definition) is 1. The summed E-state index contributed by atoms with van der Waals surface area (Å²) in [5.41, 5.74) is 0.583. The zero-order chi connectivity index (χ0) is 13.5. The Morgan fingerprint density at radius 3 is 2.78 bits per heavy atom. The van der Waals surface area contributed by atoms with E-state index in [0.29, 0.717) is 12.2 Å². The van der Waals surface area contributed by atoms with Crippen molar-refractivity contribution in [3.05, 3.63) is 39.9 Å². The van der Waals surface area contributed by atoms with E-state index in [1.165, 1.54) is 6.07 Å². The summed E-state index contributed by atoms with van der Waals surface area (Å²) in [5.74, 6) is -0.365. The van der Waals surface area contributed by atoms with E-state index in [0.717, 1.165) is 0 Å². The second-order valence-electron chi connectivity index (χ2n) is 3.74. The van der Waals surface area contributed by atoms with Crippen LogP contribution in [0.1, 0.15) is 19.4 Å². The highest BCUT2D eigenvalue weighted by molar-refractivity contribution is 5.75. The zero-order valence-corrected chi connectivity index (χ0v) is 10.4. The molecular formula is C12H16N2O4. The van der Waals surface area contributed by atoms with E-state index in [9.17, 15) is 14.9 Å². The van der Waals surface area contributed by atoms with Crippen LogP contribution in [0.25, 0.3) is 0 Å². The van der Waals surface area contributed by atoms with Crippen molar-refractivity contribution in [3.63, 3.8) is 0 Å². The molecule has 0 amide bonds. The number of para-hydroxylation sites is 1. The molecule has 0 saturated heterocycles. The molecule has 1 atom stereocenters. The smallest absolute Gasteiger partial charge is 0.322 e. The van der Waals surface area contributed by atoms with Crippen LogP contribution in [0.2, 0.25) is 0 Å². The van der Waals surface area contributed by atoms with Gasteiger partial charge in [-0.1, -0.05) is 18.2 Å². The summed E-state index contributed by atoms with van der Waals surface area (Å²) < 4.78 is 4.83. The fourth-order valence-corrected chi connectivity index (χ4v) is 1.45. The van der Waals surface area contributed by atoms with Crippen molar-refractivity contribution >= 4 is 11.7 Å². The van der Waals surface area contributed by atoms with Crippen LogP contribution >= 0.6 is 0 Å². The fraction of sp³-hybridized carbons (Fsp3) is 0.417. The monoisotopic (exact) mass is 252 g/mol. The van der Waals surface area contributed by atoms with Crippen LogP contribution in [-0.4, -0.2) is 23.5 Å². The Balaban J connectivity index is 2.63. The van der Waals surface area contributed by atoms with Crippen molar-refractivity contribution in [1.82, 2.24) is 5.32 Å². The molecule has 0 radical (unpaired) electrons. The number of esters is 1. The van der Waals surface area contributed by atoms with Gasteiger partial charge in [0.15, 0.2) is 0 Å². The highest BCUT2D eigenvalue weighted by Crippen LogP contribution is 2.17. The number of nitro benzene ring substituents is 1. The van der Waals surface area contributed by atoms with Gasteiger partial charge >= 0.3 is 5.97 Å². The van der Waals surface area contributed by atoms with Crippen LogP contribution in [0.3, 0.4) is 0 Å². The summed E-state index contributed by atoms with van der Waals surface area (Å²) in [6.45, 7) is 3.95. The molecule has 1 aromatic rings. The molecule has 6 nitrogen and oxygen atoms in total. The molecule has 0 aliphatic heterocycles. The minimum absolute atomic E-state index is 0.0426. The van der Waals surface area contributed by atoms with Gasteiger partial charge in [0.1, 0.15) is 6.04 Å². The number of nitrogens with zero attached hydrogens (tertiary/aromatic N) is 1. The Hall–Kier alpha value is -1.95. The van der Waals surface area contributed by atoms with E-state index in [2.05, 4.69) is 5.32 Å². The van der Waals surface area contributed by atoms with Gasteiger partial charge in [-0.05, 0) is 13.8 Å². The molecule has 0 unspecified atom stereocenters. The number of nitro groups is 1. The van der Waals surface area contributed by atoms with E-state index >= 15 is 0 Å². The number of carbonyl (C=O) groups excluding carboxylic acids is 1. The molecule has 0 bridgehead atoms. The summed E-state index contributed by atoms with van der Waals surface area (Å²) >= 11 is 0. The van der Waals surface area contributed by atoms with Crippen molar-refractivity contribution in [1.29, 1.82) is 0 Å². The quantitative estimate of drug-likeness (QED) is 0.473. The fourth-order valence-electron chi connectivity index (χ4n) is 1.45. The normalized spacial score (nSPS) is 11.9. The Labute approximate surface area is 105 Å². The lowest BCUT2D eigenvalue weighted by Gasteiger charge is -2.12. The number of carbonyl (C=O) groups is 1. The number of ether oxygens (including phenoxy) is 1. The second kappa shape index (κ2) is 6.70. The predicted octanol–water partition coefficient (Wildman–Crippen LogP) is 1.64. The van der Waals surface area contributed by atoms with Gasteiger partial charge < -0.3 is 10.1 Å². The maximum Gasteiger partial charge on any atom is 0.322 e. The van der Waals surface area contributed by atoms with Gasteiger partial charge in [0.05, 0.1) is 11.5 Å². The lowest BCUT2D eigenvalue weighted by atomic mass is 10.1. The summed E-state index contributed by atoms with van der Waals surface area (Å²) in [6.07, 6.45) is 0. The Morgan fingerprint density at radius 1 is 1.50 bits per heavy atom. The Morgan fingerprint density at radius 2 is 2.17 bits per heavy atom. The molecule has 0 fully saturated rings. The third-order valence-corrected chi connectivity index (χ3v) is 2.43. The van der Waals surface area contributed by atoms with Crippen molar-refractivity contribution < 1.29 is 14.5 Å². The van der Waals surface area contributed by atoms with Crippen LogP contribution in [0.5, 0.6) is 0 Å². The average Bonchev–Trinajstić information content (AvgIpc) is 2.36. The SMILES string of the molecule is CCOC(=O)[C@H](C)NCc1ccccc1[N+](=O)[O-]. The number of hydrogen-bond acceptors (Lipinski definition) is 5. The first-order valence-corrected chi connectivity index (χ1v) is 5.68. The van der Waals surface area contributed by atoms with Crippen molar-refractivity contribution in [3.8, 4) is 0 Å². The molecule has 1 aromatic carbocycles. The van der Waals surface area contributed by atoms with Gasteiger partial charge in [-0.3, -0.25) is 14.9 Å². The van der Waals surface area contributed by atoms with E-state index < -0.39 is 11.0 Å². The molecule has 0 aromatic heterocycles. The summed E-state index contributed by atoms with van der Waals surface area (Å²) in [7, 11) is 0. The third-order valence-electron chi connectivity index (χ3n) is 2.43. The summed E-state index contributed by atoms with van der Waals surface area (Å²) in [5, 5.41) is 13.7. The third kappa shape index (κ3) is 3.81. The predicted molar refractivity (Wildman–Crippen MR) is 66.0 cm³/mol. The standard InChI is InChI=1S/C12H16N2O4/c1-3-18-12(15)9(2)13-8-10-6-4-5-7-11(10)14(16)17/h4-7,9,13H,3,8H2,1-2H3/t9-/m0/s1. The molecule has 0 aliphatic carbocycles. The van der Waals surface area contributed by atoms with Gasteiger partial charge in [-0.25, -0.2) is 0 Å². The van der Waals surface area contributed by atoms with Gasteiger partial charge in [-0.15, -0.1) is 0 Å². The lowest BCUT2D eigenvalue weighted by Crippen LogP contribution is -2.35. The van der Waals surface area contributed by atoms with Crippen molar-refractivity contribution in [2.24, 2.45) is 0 Å². The van der Waals surface area contributed by atoms with E-state index in [1.807, 2.05) is 0 Å².